The molecule has 1 aliphatic carbocycles. The first-order valence-electron chi connectivity index (χ1n) is 7.33. The highest BCUT2D eigenvalue weighted by Gasteiger charge is 2.20. The topological polar surface area (TPSA) is 17.0 Å². The van der Waals surface area contributed by atoms with Gasteiger partial charge in [0.05, 0.1) is 6.54 Å². The molecule has 1 N–H and O–H groups in total. The highest BCUT2D eigenvalue weighted by Crippen LogP contribution is 2.28. The van der Waals surface area contributed by atoms with Gasteiger partial charge < -0.3 is 9.88 Å². The van der Waals surface area contributed by atoms with Gasteiger partial charge in [-0.3, -0.25) is 0 Å². The van der Waals surface area contributed by atoms with Crippen LogP contribution in [0.3, 0.4) is 0 Å². The van der Waals surface area contributed by atoms with Gasteiger partial charge in [0.15, 0.2) is 0 Å². The molecule has 1 aliphatic rings. The number of nitrogens with one attached hydrogen (secondary N) is 1. The zero-order valence-corrected chi connectivity index (χ0v) is 14.1. The van der Waals surface area contributed by atoms with Crippen molar-refractivity contribution in [2.45, 2.75) is 32.0 Å². The minimum absolute atomic E-state index is 0.749. The first-order chi connectivity index (χ1) is 10.3. The van der Waals surface area contributed by atoms with E-state index in [2.05, 4.69) is 67.7 Å². The highest BCUT2D eigenvalue weighted by atomic mass is 79.9. The number of fused-ring (bicyclic) bond motifs is 1. The van der Waals surface area contributed by atoms with Crippen LogP contribution in [0.4, 0.5) is 0 Å². The molecule has 2 heterocycles. The molecule has 0 amide bonds. The molecule has 0 atom stereocenters. The molecule has 0 radical (unpaired) electrons. The predicted octanol–water partition coefficient (Wildman–Crippen LogP) is 4.77. The minimum atomic E-state index is 0.749. The van der Waals surface area contributed by atoms with Gasteiger partial charge in [0.1, 0.15) is 0 Å². The fraction of sp³-hybridized carbons (Fsp3) is 0.294. The van der Waals surface area contributed by atoms with Crippen LogP contribution in [0.2, 0.25) is 0 Å². The van der Waals surface area contributed by atoms with Crippen molar-refractivity contribution in [2.75, 3.05) is 0 Å². The summed E-state index contributed by atoms with van der Waals surface area (Å²) in [4.78, 5) is 1.37. The van der Waals surface area contributed by atoms with Gasteiger partial charge in [-0.05, 0) is 51.8 Å². The Morgan fingerprint density at radius 1 is 1.24 bits per heavy atom. The number of hydrogen-bond donors (Lipinski definition) is 1. The lowest BCUT2D eigenvalue weighted by atomic mass is 10.2. The van der Waals surface area contributed by atoms with Crippen LogP contribution < -0.4 is 5.32 Å². The number of para-hydroxylation sites is 1. The van der Waals surface area contributed by atoms with Crippen molar-refractivity contribution in [3.63, 3.8) is 0 Å². The molecule has 0 bridgehead atoms. The number of rotatable bonds is 5. The summed E-state index contributed by atoms with van der Waals surface area (Å²) < 4.78 is 3.58. The number of nitrogens with zero attached hydrogens (tertiary/aromatic N) is 1. The Bertz CT molecular complexity index is 770. The summed E-state index contributed by atoms with van der Waals surface area (Å²) in [5.74, 6) is 0. The molecule has 1 aromatic carbocycles. The molecular formula is C17H17BrN2S. The summed E-state index contributed by atoms with van der Waals surface area (Å²) in [7, 11) is 0. The molecule has 2 aromatic heterocycles. The SMILES string of the molecule is Brc1ccsc1Cn1cc(CNC2CC2)c2ccccc21. The van der Waals surface area contributed by atoms with Crippen molar-refractivity contribution < 1.29 is 0 Å². The van der Waals surface area contributed by atoms with E-state index >= 15 is 0 Å². The highest BCUT2D eigenvalue weighted by molar-refractivity contribution is 9.10. The van der Waals surface area contributed by atoms with Crippen molar-refractivity contribution in [1.29, 1.82) is 0 Å². The predicted molar refractivity (Wildman–Crippen MR) is 92.9 cm³/mol. The third-order valence-electron chi connectivity index (χ3n) is 4.03. The van der Waals surface area contributed by atoms with E-state index in [0.29, 0.717) is 0 Å². The van der Waals surface area contributed by atoms with Crippen molar-refractivity contribution in [2.24, 2.45) is 0 Å². The van der Waals surface area contributed by atoms with Gasteiger partial charge >= 0.3 is 0 Å². The zero-order chi connectivity index (χ0) is 14.2. The number of hydrogen-bond acceptors (Lipinski definition) is 2. The van der Waals surface area contributed by atoms with E-state index in [1.165, 1.54) is 38.7 Å². The lowest BCUT2D eigenvalue weighted by Gasteiger charge is -2.03. The van der Waals surface area contributed by atoms with Crippen LogP contribution in [0, 0.1) is 0 Å². The summed E-state index contributed by atoms with van der Waals surface area (Å²) >= 11 is 5.44. The number of halogens is 1. The summed E-state index contributed by atoms with van der Waals surface area (Å²) in [6.07, 6.45) is 4.98. The fourth-order valence-corrected chi connectivity index (χ4v) is 4.20. The van der Waals surface area contributed by atoms with Gasteiger partial charge in [-0.1, -0.05) is 18.2 Å². The van der Waals surface area contributed by atoms with E-state index in [1.807, 2.05) is 11.3 Å². The molecule has 0 unspecified atom stereocenters. The third-order valence-corrected chi connectivity index (χ3v) is 5.95. The van der Waals surface area contributed by atoms with Crippen molar-refractivity contribution in [3.8, 4) is 0 Å². The Labute approximate surface area is 136 Å². The number of aromatic nitrogens is 1. The van der Waals surface area contributed by atoms with Gasteiger partial charge in [0, 0.05) is 39.0 Å². The zero-order valence-electron chi connectivity index (χ0n) is 11.7. The van der Waals surface area contributed by atoms with Gasteiger partial charge in [-0.25, -0.2) is 0 Å². The van der Waals surface area contributed by atoms with E-state index < -0.39 is 0 Å². The summed E-state index contributed by atoms with van der Waals surface area (Å²) in [6, 6.07) is 11.6. The molecule has 0 aliphatic heterocycles. The summed E-state index contributed by atoms with van der Waals surface area (Å²) in [5, 5.41) is 7.14. The molecule has 4 heteroatoms. The van der Waals surface area contributed by atoms with Crippen LogP contribution in [-0.2, 0) is 13.1 Å². The van der Waals surface area contributed by atoms with Crippen LogP contribution in [0.1, 0.15) is 23.3 Å². The minimum Gasteiger partial charge on any atom is -0.342 e. The largest absolute Gasteiger partial charge is 0.342 e. The second-order valence-electron chi connectivity index (χ2n) is 5.65. The maximum atomic E-state index is 3.64. The van der Waals surface area contributed by atoms with Crippen molar-refractivity contribution in [3.05, 3.63) is 56.8 Å². The second kappa shape index (κ2) is 5.59. The maximum Gasteiger partial charge on any atom is 0.0580 e. The first kappa shape index (κ1) is 13.6. The average Bonchev–Trinajstić information content (AvgIpc) is 3.16. The van der Waals surface area contributed by atoms with Gasteiger partial charge in [-0.15, -0.1) is 11.3 Å². The maximum absolute atomic E-state index is 3.64. The van der Waals surface area contributed by atoms with Crippen LogP contribution in [0.5, 0.6) is 0 Å². The van der Waals surface area contributed by atoms with E-state index in [-0.39, 0.29) is 0 Å². The first-order valence-corrected chi connectivity index (χ1v) is 9.00. The van der Waals surface area contributed by atoms with Crippen molar-refractivity contribution in [1.82, 2.24) is 9.88 Å². The van der Waals surface area contributed by atoms with Crippen LogP contribution in [0.15, 0.2) is 46.4 Å². The summed E-state index contributed by atoms with van der Waals surface area (Å²) in [5.41, 5.74) is 2.73. The summed E-state index contributed by atoms with van der Waals surface area (Å²) in [6.45, 7) is 1.91. The van der Waals surface area contributed by atoms with Crippen LogP contribution in [0.25, 0.3) is 10.9 Å². The van der Waals surface area contributed by atoms with E-state index in [4.69, 9.17) is 0 Å². The molecule has 1 fully saturated rings. The Hall–Kier alpha value is -1.10. The molecule has 2 nitrogen and oxygen atoms in total. The third kappa shape index (κ3) is 2.80. The Kier molecular flexibility index (Phi) is 3.61. The fourth-order valence-electron chi connectivity index (χ4n) is 2.73. The number of benzene rings is 1. The monoisotopic (exact) mass is 360 g/mol. The van der Waals surface area contributed by atoms with Crippen molar-refractivity contribution >= 4 is 38.2 Å². The molecule has 108 valence electrons. The van der Waals surface area contributed by atoms with Gasteiger partial charge in [0.25, 0.3) is 0 Å². The second-order valence-corrected chi connectivity index (χ2v) is 7.50. The van der Waals surface area contributed by atoms with E-state index in [1.54, 1.807) is 0 Å². The number of thiophene rings is 1. The van der Waals surface area contributed by atoms with Crippen LogP contribution in [-0.4, -0.2) is 10.6 Å². The Morgan fingerprint density at radius 2 is 2.10 bits per heavy atom. The molecule has 21 heavy (non-hydrogen) atoms. The van der Waals surface area contributed by atoms with E-state index in [0.717, 1.165) is 19.1 Å². The Balaban J connectivity index is 1.68. The van der Waals surface area contributed by atoms with Gasteiger partial charge in [0.2, 0.25) is 0 Å². The standard InChI is InChI=1S/C17H17BrN2S/c18-15-7-8-21-17(15)11-20-10-12(9-19-13-5-6-13)14-3-1-2-4-16(14)20/h1-4,7-8,10,13,19H,5-6,9,11H2. The molecule has 4 rings (SSSR count). The lowest BCUT2D eigenvalue weighted by Crippen LogP contribution is -2.14. The Morgan fingerprint density at radius 3 is 2.86 bits per heavy atom. The lowest BCUT2D eigenvalue weighted by molar-refractivity contribution is 0.687. The van der Waals surface area contributed by atoms with Crippen LogP contribution >= 0.6 is 27.3 Å². The smallest absolute Gasteiger partial charge is 0.0580 e. The van der Waals surface area contributed by atoms with Gasteiger partial charge in [-0.2, -0.15) is 0 Å². The molecule has 1 saturated carbocycles. The normalized spacial score (nSPS) is 14.9. The average molecular weight is 361 g/mol. The molecule has 0 spiro atoms. The molecule has 0 saturated heterocycles. The molecular weight excluding hydrogens is 344 g/mol. The molecule has 3 aromatic rings. The quantitative estimate of drug-likeness (QED) is 0.693. The van der Waals surface area contributed by atoms with E-state index in [9.17, 15) is 0 Å².